The molecular weight excluding hydrogens is 458 g/mol. The van der Waals surface area contributed by atoms with Crippen LogP contribution in [-0.2, 0) is 9.59 Å². The van der Waals surface area contributed by atoms with E-state index in [9.17, 15) is 9.59 Å². The zero-order chi connectivity index (χ0) is 22.3. The monoisotopic (exact) mass is 481 g/mol. The van der Waals surface area contributed by atoms with Gasteiger partial charge in [0.25, 0.3) is 11.8 Å². The fraction of sp³-hybridized carbons (Fsp3) is 0.250. The molecule has 1 atom stereocenters. The highest BCUT2D eigenvalue weighted by atomic mass is 79.9. The number of halogens is 1. The molecule has 0 spiro atoms. The molecule has 0 aromatic heterocycles. The van der Waals surface area contributed by atoms with Crippen molar-refractivity contribution >= 4 is 39.1 Å². The Balaban J connectivity index is 1.93. The Labute approximate surface area is 189 Å². The second-order valence-electron chi connectivity index (χ2n) is 7.67. The van der Waals surface area contributed by atoms with Crippen LogP contribution < -0.4 is 15.8 Å². The third-order valence-corrected chi connectivity index (χ3v) is 6.18. The van der Waals surface area contributed by atoms with E-state index in [4.69, 9.17) is 10.5 Å². The molecule has 6 nitrogen and oxygen atoms in total. The van der Waals surface area contributed by atoms with Crippen molar-refractivity contribution in [1.82, 2.24) is 10.2 Å². The molecular formula is C24H24BrN3O3. The number of hydrogen-bond acceptors (Lipinski definition) is 4. The Morgan fingerprint density at radius 3 is 2.39 bits per heavy atom. The van der Waals surface area contributed by atoms with Crippen molar-refractivity contribution in [3.63, 3.8) is 0 Å². The first-order valence-electron chi connectivity index (χ1n) is 10.2. The predicted molar refractivity (Wildman–Crippen MR) is 124 cm³/mol. The van der Waals surface area contributed by atoms with Crippen LogP contribution in [-0.4, -0.2) is 30.0 Å². The van der Waals surface area contributed by atoms with Gasteiger partial charge < -0.3 is 15.8 Å². The van der Waals surface area contributed by atoms with Gasteiger partial charge in [-0.05, 0) is 53.0 Å². The van der Waals surface area contributed by atoms with Gasteiger partial charge in [0.2, 0.25) is 0 Å². The third kappa shape index (κ3) is 3.58. The van der Waals surface area contributed by atoms with Gasteiger partial charge in [0, 0.05) is 5.56 Å². The molecule has 0 saturated heterocycles. The van der Waals surface area contributed by atoms with Crippen LogP contribution in [0.1, 0.15) is 36.5 Å². The highest BCUT2D eigenvalue weighted by Gasteiger charge is 2.46. The van der Waals surface area contributed by atoms with Crippen LogP contribution in [0.2, 0.25) is 0 Å². The molecule has 31 heavy (non-hydrogen) atoms. The third-order valence-electron chi connectivity index (χ3n) is 5.56. The van der Waals surface area contributed by atoms with Gasteiger partial charge in [-0.2, -0.15) is 0 Å². The highest BCUT2D eigenvalue weighted by Crippen LogP contribution is 2.44. The lowest BCUT2D eigenvalue weighted by molar-refractivity contribution is -0.124. The van der Waals surface area contributed by atoms with Crippen LogP contribution >= 0.6 is 15.9 Å². The lowest BCUT2D eigenvalue weighted by atomic mass is 10.0. The van der Waals surface area contributed by atoms with E-state index in [1.807, 2.05) is 50.2 Å². The van der Waals surface area contributed by atoms with Crippen molar-refractivity contribution < 1.29 is 14.3 Å². The number of hydrogen-bond donors (Lipinski definition) is 2. The topological polar surface area (TPSA) is 84.7 Å². The number of nitrogens with zero attached hydrogens (tertiary/aromatic N) is 1. The summed E-state index contributed by atoms with van der Waals surface area (Å²) < 4.78 is 6.03. The van der Waals surface area contributed by atoms with Gasteiger partial charge in [-0.15, -0.1) is 0 Å². The Morgan fingerprint density at radius 2 is 1.77 bits per heavy atom. The summed E-state index contributed by atoms with van der Waals surface area (Å²) in [5.74, 6) is 0.109. The number of ether oxygens (including phenoxy) is 1. The van der Waals surface area contributed by atoms with E-state index in [0.29, 0.717) is 40.3 Å². The quantitative estimate of drug-likeness (QED) is 0.653. The molecule has 2 aromatic carbocycles. The van der Waals surface area contributed by atoms with Gasteiger partial charge in [-0.3, -0.25) is 14.5 Å². The van der Waals surface area contributed by atoms with E-state index in [-0.39, 0.29) is 11.8 Å². The van der Waals surface area contributed by atoms with E-state index < -0.39 is 6.17 Å². The van der Waals surface area contributed by atoms with Crippen molar-refractivity contribution in [3.8, 4) is 5.75 Å². The number of fused-ring (bicyclic) bond motifs is 1. The normalized spacial score (nSPS) is 16.7. The fourth-order valence-electron chi connectivity index (χ4n) is 4.03. The molecule has 0 aliphatic carbocycles. The standard InChI is InChI=1S/C24H24BrN3O3/c1-4-5-18(26)28-22(14-8-6-13(2)7-9-14)20-19(24(28)30)21(27-23(20)29)15-10-11-17(31-3)16(25)12-15/h6-12,18H,4-5,26H2,1-3H3,(H,27,29). The summed E-state index contributed by atoms with van der Waals surface area (Å²) in [5, 5.41) is 2.90. The van der Waals surface area contributed by atoms with Crippen LogP contribution in [0, 0.1) is 6.92 Å². The molecule has 0 bridgehead atoms. The summed E-state index contributed by atoms with van der Waals surface area (Å²) >= 11 is 3.48. The molecule has 2 aromatic rings. The Kier molecular flexibility index (Phi) is 5.73. The average Bonchev–Trinajstić information content (AvgIpc) is 3.24. The predicted octanol–water partition coefficient (Wildman–Crippen LogP) is 3.95. The Bertz CT molecular complexity index is 1140. The van der Waals surface area contributed by atoms with Gasteiger partial charge in [0.1, 0.15) is 5.75 Å². The van der Waals surface area contributed by atoms with Crippen molar-refractivity contribution in [2.24, 2.45) is 5.73 Å². The van der Waals surface area contributed by atoms with Crippen LogP contribution in [0.15, 0.2) is 58.1 Å². The van der Waals surface area contributed by atoms with E-state index in [1.54, 1.807) is 18.1 Å². The minimum Gasteiger partial charge on any atom is -0.496 e. The van der Waals surface area contributed by atoms with Crippen LogP contribution in [0.3, 0.4) is 0 Å². The number of aryl methyl sites for hydroxylation is 1. The van der Waals surface area contributed by atoms with Crippen LogP contribution in [0.4, 0.5) is 0 Å². The number of carbonyl (C=O) groups is 2. The van der Waals surface area contributed by atoms with E-state index in [2.05, 4.69) is 21.2 Å². The van der Waals surface area contributed by atoms with Crippen molar-refractivity contribution in [1.29, 1.82) is 0 Å². The maximum absolute atomic E-state index is 13.6. The summed E-state index contributed by atoms with van der Waals surface area (Å²) in [6, 6.07) is 13.2. The minimum absolute atomic E-state index is 0.258. The Hall–Kier alpha value is -2.90. The van der Waals surface area contributed by atoms with Crippen LogP contribution in [0.5, 0.6) is 5.75 Å². The van der Waals surface area contributed by atoms with Crippen molar-refractivity contribution in [2.45, 2.75) is 32.9 Å². The van der Waals surface area contributed by atoms with E-state index >= 15 is 0 Å². The highest BCUT2D eigenvalue weighted by molar-refractivity contribution is 9.10. The first-order valence-corrected chi connectivity index (χ1v) is 11.0. The average molecular weight is 482 g/mol. The minimum atomic E-state index is -0.518. The second kappa shape index (κ2) is 8.32. The molecule has 0 radical (unpaired) electrons. The number of carbonyl (C=O) groups excluding carboxylic acids is 2. The van der Waals surface area contributed by atoms with Gasteiger partial charge >= 0.3 is 0 Å². The molecule has 0 saturated carbocycles. The van der Waals surface area contributed by atoms with Crippen molar-refractivity contribution in [2.75, 3.05) is 7.11 Å². The van der Waals surface area contributed by atoms with Gasteiger partial charge in [0.05, 0.1) is 40.3 Å². The SMILES string of the molecule is CCCC(N)N1C(=O)C2=C(c3ccc(OC)c(Br)c3)NC(=O)C2=C1c1ccc(C)cc1. The number of nitrogens with two attached hydrogens (primary N) is 1. The molecule has 4 rings (SSSR count). The number of nitrogens with one attached hydrogen (secondary N) is 1. The smallest absolute Gasteiger partial charge is 0.262 e. The summed E-state index contributed by atoms with van der Waals surface area (Å²) in [6.45, 7) is 4.02. The summed E-state index contributed by atoms with van der Waals surface area (Å²) in [5.41, 5.74) is 10.8. The van der Waals surface area contributed by atoms with Gasteiger partial charge in [0.15, 0.2) is 0 Å². The fourth-order valence-corrected chi connectivity index (χ4v) is 4.57. The zero-order valence-electron chi connectivity index (χ0n) is 17.7. The first-order chi connectivity index (χ1) is 14.9. The maximum atomic E-state index is 13.6. The van der Waals surface area contributed by atoms with E-state index in [0.717, 1.165) is 22.0 Å². The largest absolute Gasteiger partial charge is 0.496 e. The number of rotatable bonds is 6. The molecule has 2 amide bonds. The van der Waals surface area contributed by atoms with E-state index in [1.165, 1.54) is 0 Å². The summed E-state index contributed by atoms with van der Waals surface area (Å²) in [7, 11) is 1.58. The molecule has 3 N–H and O–H groups in total. The number of amides is 2. The Morgan fingerprint density at radius 1 is 1.10 bits per heavy atom. The molecule has 2 aliphatic rings. The van der Waals surface area contributed by atoms with Crippen LogP contribution in [0.25, 0.3) is 11.4 Å². The maximum Gasteiger partial charge on any atom is 0.262 e. The summed E-state index contributed by atoms with van der Waals surface area (Å²) in [6.07, 6.45) is 0.938. The van der Waals surface area contributed by atoms with Gasteiger partial charge in [-0.1, -0.05) is 43.2 Å². The second-order valence-corrected chi connectivity index (χ2v) is 8.53. The molecule has 160 valence electrons. The lowest BCUT2D eigenvalue weighted by Gasteiger charge is -2.28. The number of benzene rings is 2. The zero-order valence-corrected chi connectivity index (χ0v) is 19.2. The lowest BCUT2D eigenvalue weighted by Crippen LogP contribution is -2.42. The molecule has 0 fully saturated rings. The first kappa shape index (κ1) is 21.3. The summed E-state index contributed by atoms with van der Waals surface area (Å²) in [4.78, 5) is 28.3. The molecule has 1 unspecified atom stereocenters. The van der Waals surface area contributed by atoms with Gasteiger partial charge in [-0.25, -0.2) is 0 Å². The molecule has 7 heteroatoms. The molecule has 2 heterocycles. The molecule has 2 aliphatic heterocycles. The van der Waals surface area contributed by atoms with Crippen molar-refractivity contribution in [3.05, 3.63) is 74.8 Å². The number of methoxy groups -OCH3 is 1.